The Labute approximate surface area is 121 Å². The van der Waals surface area contributed by atoms with Crippen LogP contribution in [0.25, 0.3) is 0 Å². The van der Waals surface area contributed by atoms with Crippen LogP contribution in [0.5, 0.6) is 0 Å². The van der Waals surface area contributed by atoms with E-state index < -0.39 is 6.09 Å². The lowest BCUT2D eigenvalue weighted by Gasteiger charge is -2.48. The third-order valence-electron chi connectivity index (χ3n) is 4.25. The Bertz CT molecular complexity index is 486. The Kier molecular flexibility index (Phi) is 3.50. The summed E-state index contributed by atoms with van der Waals surface area (Å²) in [4.78, 5) is 15.6. The quantitative estimate of drug-likeness (QED) is 0.909. The molecule has 0 aliphatic carbocycles. The molecule has 5 heteroatoms. The number of fused-ring (bicyclic) bond motifs is 3. The summed E-state index contributed by atoms with van der Waals surface area (Å²) in [6, 6.07) is 7.65. The molecule has 0 saturated carbocycles. The summed E-state index contributed by atoms with van der Waals surface area (Å²) in [6.45, 7) is 3.10. The highest BCUT2D eigenvalue weighted by Gasteiger charge is 2.40. The van der Waals surface area contributed by atoms with Crippen LogP contribution < -0.4 is 4.90 Å². The second-order valence-electron chi connectivity index (χ2n) is 5.34. The van der Waals surface area contributed by atoms with E-state index in [0.717, 1.165) is 42.6 Å². The van der Waals surface area contributed by atoms with Crippen molar-refractivity contribution in [2.75, 3.05) is 24.5 Å². The van der Waals surface area contributed by atoms with Crippen molar-refractivity contribution in [3.05, 3.63) is 28.7 Å². The lowest BCUT2D eigenvalue weighted by atomic mass is 9.83. The van der Waals surface area contributed by atoms with Gasteiger partial charge in [0, 0.05) is 16.7 Å². The molecular weight excluding hydrogens is 308 g/mol. The predicted molar refractivity (Wildman–Crippen MR) is 77.6 cm³/mol. The SMILES string of the molecule is O=C(O)N(c1cccc(Br)c1)C1CN2CCC1CC2. The summed E-state index contributed by atoms with van der Waals surface area (Å²) in [5.74, 6) is 0.500. The maximum absolute atomic E-state index is 11.7. The van der Waals surface area contributed by atoms with E-state index in [-0.39, 0.29) is 6.04 Å². The van der Waals surface area contributed by atoms with Crippen LogP contribution in [-0.2, 0) is 0 Å². The number of nitrogens with zero attached hydrogens (tertiary/aromatic N) is 2. The average molecular weight is 325 g/mol. The highest BCUT2D eigenvalue weighted by Crippen LogP contribution is 2.34. The maximum atomic E-state index is 11.7. The lowest BCUT2D eigenvalue weighted by Crippen LogP contribution is -2.58. The van der Waals surface area contributed by atoms with Crippen molar-refractivity contribution in [1.29, 1.82) is 0 Å². The fourth-order valence-electron chi connectivity index (χ4n) is 3.30. The number of anilines is 1. The Balaban J connectivity index is 1.91. The molecule has 3 heterocycles. The Morgan fingerprint density at radius 2 is 2.11 bits per heavy atom. The van der Waals surface area contributed by atoms with Crippen molar-refractivity contribution in [1.82, 2.24) is 4.90 Å². The molecule has 1 atom stereocenters. The van der Waals surface area contributed by atoms with Gasteiger partial charge in [-0.1, -0.05) is 22.0 Å². The van der Waals surface area contributed by atoms with Gasteiger partial charge in [-0.15, -0.1) is 0 Å². The van der Waals surface area contributed by atoms with Gasteiger partial charge in [-0.2, -0.15) is 0 Å². The largest absolute Gasteiger partial charge is 0.465 e. The van der Waals surface area contributed by atoms with Crippen molar-refractivity contribution >= 4 is 27.7 Å². The zero-order valence-corrected chi connectivity index (χ0v) is 12.2. The van der Waals surface area contributed by atoms with Crippen LogP contribution in [0.2, 0.25) is 0 Å². The zero-order chi connectivity index (χ0) is 13.4. The molecule has 102 valence electrons. The second-order valence-corrected chi connectivity index (χ2v) is 6.25. The molecule has 1 aromatic rings. The number of benzene rings is 1. The molecular formula is C14H17BrN2O2. The fraction of sp³-hybridized carbons (Fsp3) is 0.500. The van der Waals surface area contributed by atoms with Gasteiger partial charge in [0.15, 0.2) is 0 Å². The van der Waals surface area contributed by atoms with E-state index in [9.17, 15) is 9.90 Å². The van der Waals surface area contributed by atoms with E-state index in [4.69, 9.17) is 0 Å². The number of hydrogen-bond acceptors (Lipinski definition) is 2. The zero-order valence-electron chi connectivity index (χ0n) is 10.6. The fourth-order valence-corrected chi connectivity index (χ4v) is 3.68. The van der Waals surface area contributed by atoms with Gasteiger partial charge in [-0.05, 0) is 50.0 Å². The van der Waals surface area contributed by atoms with Crippen LogP contribution in [0.4, 0.5) is 10.5 Å². The molecule has 0 aromatic heterocycles. The summed E-state index contributed by atoms with van der Waals surface area (Å²) in [5, 5.41) is 9.59. The molecule has 4 rings (SSSR count). The van der Waals surface area contributed by atoms with Gasteiger partial charge in [0.25, 0.3) is 0 Å². The van der Waals surface area contributed by atoms with Gasteiger partial charge in [-0.3, -0.25) is 4.90 Å². The van der Waals surface area contributed by atoms with E-state index in [0.29, 0.717) is 5.92 Å². The predicted octanol–water partition coefficient (Wildman–Crippen LogP) is 3.03. The van der Waals surface area contributed by atoms with Crippen molar-refractivity contribution in [3.8, 4) is 0 Å². The number of piperidine rings is 3. The standard InChI is InChI=1S/C14H17BrN2O2/c15-11-2-1-3-12(8-11)17(14(18)19)13-9-16-6-4-10(13)5-7-16/h1-3,8,10,13H,4-7,9H2,(H,18,19). The third kappa shape index (κ3) is 2.49. The Hall–Kier alpha value is -1.07. The molecule has 1 aromatic carbocycles. The molecule has 3 aliphatic heterocycles. The van der Waals surface area contributed by atoms with Gasteiger partial charge >= 0.3 is 6.09 Å². The van der Waals surface area contributed by atoms with Gasteiger partial charge < -0.3 is 10.0 Å². The molecule has 0 spiro atoms. The number of carbonyl (C=O) groups is 1. The molecule has 4 nitrogen and oxygen atoms in total. The molecule has 3 fully saturated rings. The van der Waals surface area contributed by atoms with Crippen LogP contribution in [0.15, 0.2) is 28.7 Å². The molecule has 19 heavy (non-hydrogen) atoms. The van der Waals surface area contributed by atoms with Crippen LogP contribution in [-0.4, -0.2) is 41.8 Å². The summed E-state index contributed by atoms with van der Waals surface area (Å²) < 4.78 is 0.914. The minimum atomic E-state index is -0.850. The highest BCUT2D eigenvalue weighted by molar-refractivity contribution is 9.10. The van der Waals surface area contributed by atoms with E-state index in [2.05, 4.69) is 20.8 Å². The number of rotatable bonds is 2. The normalized spacial score (nSPS) is 29.2. The third-order valence-corrected chi connectivity index (χ3v) is 4.74. The minimum absolute atomic E-state index is 0.0919. The van der Waals surface area contributed by atoms with Gasteiger partial charge in [0.2, 0.25) is 0 Å². The molecule has 1 amide bonds. The average Bonchev–Trinajstić information content (AvgIpc) is 2.40. The highest BCUT2D eigenvalue weighted by atomic mass is 79.9. The van der Waals surface area contributed by atoms with Crippen molar-refractivity contribution in [3.63, 3.8) is 0 Å². The molecule has 3 aliphatic rings. The maximum Gasteiger partial charge on any atom is 0.412 e. The van der Waals surface area contributed by atoms with E-state index in [1.54, 1.807) is 4.90 Å². The first kappa shape index (κ1) is 12.9. The summed E-state index contributed by atoms with van der Waals surface area (Å²) in [5.41, 5.74) is 0.764. The molecule has 1 unspecified atom stereocenters. The van der Waals surface area contributed by atoms with Crippen molar-refractivity contribution < 1.29 is 9.90 Å². The second kappa shape index (κ2) is 5.13. The monoisotopic (exact) mass is 324 g/mol. The summed E-state index contributed by atoms with van der Waals surface area (Å²) >= 11 is 3.41. The number of halogens is 1. The molecule has 2 bridgehead atoms. The number of amides is 1. The van der Waals surface area contributed by atoms with Gasteiger partial charge in [0.05, 0.1) is 6.04 Å². The first-order chi connectivity index (χ1) is 9.15. The van der Waals surface area contributed by atoms with Gasteiger partial charge in [-0.25, -0.2) is 4.79 Å². The smallest absolute Gasteiger partial charge is 0.412 e. The van der Waals surface area contributed by atoms with E-state index >= 15 is 0 Å². The van der Waals surface area contributed by atoms with E-state index in [1.807, 2.05) is 24.3 Å². The number of hydrogen-bond donors (Lipinski definition) is 1. The molecule has 0 radical (unpaired) electrons. The van der Waals surface area contributed by atoms with E-state index in [1.165, 1.54) is 0 Å². The van der Waals surface area contributed by atoms with Crippen LogP contribution >= 0.6 is 15.9 Å². The Morgan fingerprint density at radius 3 is 2.63 bits per heavy atom. The number of carboxylic acid groups (broad SMARTS) is 1. The van der Waals surface area contributed by atoms with Crippen molar-refractivity contribution in [2.45, 2.75) is 18.9 Å². The van der Waals surface area contributed by atoms with Gasteiger partial charge in [0.1, 0.15) is 0 Å². The first-order valence-corrected chi connectivity index (χ1v) is 7.44. The van der Waals surface area contributed by atoms with Crippen molar-refractivity contribution in [2.24, 2.45) is 5.92 Å². The first-order valence-electron chi connectivity index (χ1n) is 6.65. The summed E-state index contributed by atoms with van der Waals surface area (Å²) in [6.07, 6.45) is 1.38. The topological polar surface area (TPSA) is 43.8 Å². The van der Waals surface area contributed by atoms with Crippen LogP contribution in [0, 0.1) is 5.92 Å². The van der Waals surface area contributed by atoms with Crippen LogP contribution in [0.3, 0.4) is 0 Å². The summed E-state index contributed by atoms with van der Waals surface area (Å²) in [7, 11) is 0. The lowest BCUT2D eigenvalue weighted by molar-refractivity contribution is 0.0837. The molecule has 1 N–H and O–H groups in total. The Morgan fingerprint density at radius 1 is 1.37 bits per heavy atom. The minimum Gasteiger partial charge on any atom is -0.465 e. The van der Waals surface area contributed by atoms with Crippen LogP contribution in [0.1, 0.15) is 12.8 Å². The molecule has 3 saturated heterocycles.